The van der Waals surface area contributed by atoms with E-state index >= 15 is 0 Å². The second-order valence-corrected chi connectivity index (χ2v) is 6.94. The third kappa shape index (κ3) is 2.93. The van der Waals surface area contributed by atoms with Gasteiger partial charge in [0.2, 0.25) is 6.79 Å². The first-order chi connectivity index (χ1) is 13.7. The van der Waals surface area contributed by atoms with Gasteiger partial charge in [0, 0.05) is 17.0 Å². The fourth-order valence-electron chi connectivity index (χ4n) is 3.34. The number of hydrogen-bond acceptors (Lipinski definition) is 4. The summed E-state index contributed by atoms with van der Waals surface area (Å²) in [6.07, 6.45) is 0. The molecule has 0 unspecified atom stereocenters. The van der Waals surface area contributed by atoms with Crippen LogP contribution in [-0.4, -0.2) is 6.79 Å². The maximum Gasteiger partial charge on any atom is 0.231 e. The van der Waals surface area contributed by atoms with E-state index < -0.39 is 0 Å². The molecule has 0 amide bonds. The molecule has 0 N–H and O–H groups in total. The molecule has 5 rings (SSSR count). The van der Waals surface area contributed by atoms with Gasteiger partial charge >= 0.3 is 0 Å². The summed E-state index contributed by atoms with van der Waals surface area (Å²) >= 11 is 0. The lowest BCUT2D eigenvalue weighted by Crippen LogP contribution is -2.03. The summed E-state index contributed by atoms with van der Waals surface area (Å²) in [4.78, 5) is 4.91. The smallest absolute Gasteiger partial charge is 0.231 e. The highest BCUT2D eigenvalue weighted by Crippen LogP contribution is 2.36. The molecule has 0 radical (unpaired) electrons. The van der Waals surface area contributed by atoms with E-state index in [1.165, 1.54) is 11.1 Å². The van der Waals surface area contributed by atoms with Crippen LogP contribution < -0.4 is 14.8 Å². The summed E-state index contributed by atoms with van der Waals surface area (Å²) in [6.45, 7) is 4.46. The molecule has 1 aliphatic heterocycles. The van der Waals surface area contributed by atoms with E-state index in [9.17, 15) is 0 Å². The van der Waals surface area contributed by atoms with Crippen LogP contribution in [0.3, 0.4) is 0 Å². The molecule has 0 fully saturated rings. The first kappa shape index (κ1) is 16.6. The van der Waals surface area contributed by atoms with Crippen LogP contribution in [0.25, 0.3) is 22.3 Å². The highest BCUT2D eigenvalue weighted by atomic mass is 16.7. The van der Waals surface area contributed by atoms with Crippen LogP contribution in [0.1, 0.15) is 11.1 Å². The van der Waals surface area contributed by atoms with Crippen molar-refractivity contribution in [2.75, 3.05) is 6.79 Å². The second-order valence-electron chi connectivity index (χ2n) is 6.94. The molecule has 0 saturated carbocycles. The lowest BCUT2D eigenvalue weighted by atomic mass is 10.1. The highest BCUT2D eigenvalue weighted by molar-refractivity contribution is 5.79. The number of hydrogen-bond donors (Lipinski definition) is 0. The van der Waals surface area contributed by atoms with Crippen molar-refractivity contribution in [3.8, 4) is 22.8 Å². The van der Waals surface area contributed by atoms with E-state index in [0.29, 0.717) is 0 Å². The fraction of sp³-hybridized carbons (Fsp3) is 0.125. The van der Waals surface area contributed by atoms with Gasteiger partial charge < -0.3 is 13.9 Å². The molecule has 28 heavy (non-hydrogen) atoms. The number of nitrogens with zero attached hydrogens (tertiary/aromatic N) is 1. The number of fused-ring (bicyclic) bond motifs is 2. The van der Waals surface area contributed by atoms with E-state index in [4.69, 9.17) is 18.9 Å². The average molecular weight is 369 g/mol. The van der Waals surface area contributed by atoms with Crippen LogP contribution in [0.4, 0.5) is 5.69 Å². The Morgan fingerprint density at radius 2 is 1.64 bits per heavy atom. The molecule has 0 saturated heterocycles. The van der Waals surface area contributed by atoms with Crippen LogP contribution in [-0.2, 0) is 0 Å². The van der Waals surface area contributed by atoms with Gasteiger partial charge in [-0.2, -0.15) is 0 Å². The van der Waals surface area contributed by atoms with E-state index in [0.717, 1.165) is 44.8 Å². The summed E-state index contributed by atoms with van der Waals surface area (Å²) in [7, 11) is 0. The molecule has 3 aromatic carbocycles. The predicted octanol–water partition coefficient (Wildman–Crippen LogP) is 5.68. The maximum absolute atomic E-state index is 6.17. The molecule has 2 heterocycles. The summed E-state index contributed by atoms with van der Waals surface area (Å²) in [5.41, 5.74) is 5.12. The van der Waals surface area contributed by atoms with E-state index in [1.807, 2.05) is 54.6 Å². The largest absolute Gasteiger partial charge is 0.456 e. The van der Waals surface area contributed by atoms with Crippen molar-refractivity contribution in [1.29, 1.82) is 0 Å². The first-order valence-corrected chi connectivity index (χ1v) is 9.22. The molecule has 4 heteroatoms. The summed E-state index contributed by atoms with van der Waals surface area (Å²) in [5.74, 6) is 2.22. The number of aryl methyl sites for hydroxylation is 2. The molecule has 1 aromatic heterocycles. The molecular formula is C24H19NO3. The molecule has 0 spiro atoms. The molecule has 4 aromatic rings. The lowest BCUT2D eigenvalue weighted by Gasteiger charge is -2.06. The number of ether oxygens (including phenoxy) is 2. The van der Waals surface area contributed by atoms with Gasteiger partial charge in [0.1, 0.15) is 11.3 Å². The Kier molecular flexibility index (Phi) is 3.90. The van der Waals surface area contributed by atoms with Gasteiger partial charge in [0.25, 0.3) is 0 Å². The SMILES string of the molecule is Cc1ccc(N=c2cc(-c3ccc4c(c3)OCO4)oc3ccccc23)cc1C. The Bertz CT molecular complexity index is 1270. The Balaban J connectivity index is 1.72. The monoisotopic (exact) mass is 369 g/mol. The molecular weight excluding hydrogens is 350 g/mol. The maximum atomic E-state index is 6.17. The minimum Gasteiger partial charge on any atom is -0.456 e. The summed E-state index contributed by atoms with van der Waals surface area (Å²) in [6, 6.07) is 22.0. The van der Waals surface area contributed by atoms with Crippen molar-refractivity contribution >= 4 is 16.7 Å². The van der Waals surface area contributed by atoms with E-state index in [2.05, 4.69) is 26.0 Å². The van der Waals surface area contributed by atoms with Crippen molar-refractivity contribution < 1.29 is 13.9 Å². The zero-order valence-corrected chi connectivity index (χ0v) is 15.7. The third-order valence-corrected chi connectivity index (χ3v) is 5.05. The number of para-hydroxylation sites is 1. The Morgan fingerprint density at radius 1 is 0.786 bits per heavy atom. The Labute approximate surface area is 162 Å². The molecule has 0 atom stereocenters. The van der Waals surface area contributed by atoms with Gasteiger partial charge in [-0.1, -0.05) is 18.2 Å². The normalized spacial score (nSPS) is 13.3. The van der Waals surface area contributed by atoms with Gasteiger partial charge in [0.15, 0.2) is 11.5 Å². The van der Waals surface area contributed by atoms with Crippen LogP contribution >= 0.6 is 0 Å². The molecule has 138 valence electrons. The van der Waals surface area contributed by atoms with Crippen molar-refractivity contribution in [3.05, 3.63) is 83.2 Å². The van der Waals surface area contributed by atoms with Gasteiger partial charge in [0.05, 0.1) is 11.0 Å². The fourth-order valence-corrected chi connectivity index (χ4v) is 3.34. The Hall–Kier alpha value is -3.53. The van der Waals surface area contributed by atoms with Crippen molar-refractivity contribution in [1.82, 2.24) is 0 Å². The van der Waals surface area contributed by atoms with Crippen molar-refractivity contribution in [3.63, 3.8) is 0 Å². The van der Waals surface area contributed by atoms with Crippen LogP contribution in [0, 0.1) is 13.8 Å². The third-order valence-electron chi connectivity index (χ3n) is 5.05. The molecule has 4 nitrogen and oxygen atoms in total. The lowest BCUT2D eigenvalue weighted by molar-refractivity contribution is 0.174. The second kappa shape index (κ2) is 6.57. The van der Waals surface area contributed by atoms with Gasteiger partial charge in [-0.15, -0.1) is 0 Å². The van der Waals surface area contributed by atoms with Gasteiger partial charge in [-0.05, 0) is 67.4 Å². The zero-order valence-electron chi connectivity index (χ0n) is 15.7. The van der Waals surface area contributed by atoms with Crippen LogP contribution in [0.5, 0.6) is 11.5 Å². The topological polar surface area (TPSA) is 44.0 Å². The first-order valence-electron chi connectivity index (χ1n) is 9.22. The highest BCUT2D eigenvalue weighted by Gasteiger charge is 2.15. The van der Waals surface area contributed by atoms with E-state index in [1.54, 1.807) is 0 Å². The minimum atomic E-state index is 0.251. The number of benzene rings is 3. The molecule has 1 aliphatic rings. The molecule has 0 aliphatic carbocycles. The van der Waals surface area contributed by atoms with Crippen molar-refractivity contribution in [2.45, 2.75) is 13.8 Å². The Morgan fingerprint density at radius 3 is 2.54 bits per heavy atom. The number of rotatable bonds is 2. The average Bonchev–Trinajstić information content (AvgIpc) is 3.18. The zero-order chi connectivity index (χ0) is 19.1. The summed E-state index contributed by atoms with van der Waals surface area (Å²) < 4.78 is 17.1. The van der Waals surface area contributed by atoms with Crippen molar-refractivity contribution in [2.24, 2.45) is 4.99 Å². The summed E-state index contributed by atoms with van der Waals surface area (Å²) in [5, 5.41) is 1.85. The quantitative estimate of drug-likeness (QED) is 0.457. The van der Waals surface area contributed by atoms with E-state index in [-0.39, 0.29) is 6.79 Å². The van der Waals surface area contributed by atoms with Crippen LogP contribution in [0.15, 0.2) is 76.1 Å². The predicted molar refractivity (Wildman–Crippen MR) is 109 cm³/mol. The van der Waals surface area contributed by atoms with Crippen LogP contribution in [0.2, 0.25) is 0 Å². The minimum absolute atomic E-state index is 0.251. The molecule has 0 bridgehead atoms. The standard InChI is InChI=1S/C24H19NO3/c1-15-7-9-18(11-16(15)2)25-20-13-23(28-21-6-4-3-5-19(20)21)17-8-10-22-24(12-17)27-14-26-22/h3-13H,14H2,1-2H3. The van der Waals surface area contributed by atoms with Gasteiger partial charge in [-0.3, -0.25) is 0 Å². The van der Waals surface area contributed by atoms with Gasteiger partial charge in [-0.25, -0.2) is 4.99 Å².